The summed E-state index contributed by atoms with van der Waals surface area (Å²) in [6.07, 6.45) is 2.43. The Bertz CT molecular complexity index is 241. The Morgan fingerprint density at radius 3 is 2.56 bits per heavy atom. The van der Waals surface area contributed by atoms with Gasteiger partial charge in [0.25, 0.3) is 0 Å². The number of rotatable bonds is 6. The summed E-state index contributed by atoms with van der Waals surface area (Å²) in [5, 5.41) is 14.0. The predicted octanol–water partition coefficient (Wildman–Crippen LogP) is 2.10. The second-order valence-electron chi connectivity index (χ2n) is 6.37. The van der Waals surface area contributed by atoms with Crippen molar-refractivity contribution in [3.8, 4) is 0 Å². The standard InChI is InChI=1S/C15H32N2O/c1-6-13-10-17(9-8-14(13)16-7-2)11-15(5,18)12(3)4/h12-14,16,18H,6-11H2,1-5H3. The van der Waals surface area contributed by atoms with Crippen molar-refractivity contribution >= 4 is 0 Å². The molecule has 0 aliphatic carbocycles. The topological polar surface area (TPSA) is 35.5 Å². The fourth-order valence-electron chi connectivity index (χ4n) is 2.83. The molecule has 0 amide bonds. The molecule has 3 atom stereocenters. The van der Waals surface area contributed by atoms with Gasteiger partial charge in [0.15, 0.2) is 0 Å². The third kappa shape index (κ3) is 4.22. The largest absolute Gasteiger partial charge is 0.389 e. The summed E-state index contributed by atoms with van der Waals surface area (Å²) in [4.78, 5) is 2.45. The van der Waals surface area contributed by atoms with E-state index in [0.717, 1.165) is 32.1 Å². The van der Waals surface area contributed by atoms with Crippen molar-refractivity contribution in [2.75, 3.05) is 26.2 Å². The Labute approximate surface area is 113 Å². The monoisotopic (exact) mass is 256 g/mol. The molecule has 2 N–H and O–H groups in total. The Kier molecular flexibility index (Phi) is 6.09. The quantitative estimate of drug-likeness (QED) is 0.764. The highest BCUT2D eigenvalue weighted by molar-refractivity contribution is 4.88. The fraction of sp³-hybridized carbons (Fsp3) is 1.00. The van der Waals surface area contributed by atoms with E-state index in [1.807, 2.05) is 6.92 Å². The van der Waals surface area contributed by atoms with Crippen molar-refractivity contribution in [2.45, 2.75) is 59.1 Å². The van der Waals surface area contributed by atoms with Gasteiger partial charge in [0.2, 0.25) is 0 Å². The van der Waals surface area contributed by atoms with E-state index in [1.165, 1.54) is 12.8 Å². The lowest BCUT2D eigenvalue weighted by Crippen LogP contribution is -2.53. The Balaban J connectivity index is 2.52. The maximum absolute atomic E-state index is 10.4. The Morgan fingerprint density at radius 1 is 1.39 bits per heavy atom. The molecule has 1 aliphatic rings. The van der Waals surface area contributed by atoms with Gasteiger partial charge >= 0.3 is 0 Å². The maximum atomic E-state index is 10.4. The third-order valence-corrected chi connectivity index (χ3v) is 4.60. The fourth-order valence-corrected chi connectivity index (χ4v) is 2.83. The van der Waals surface area contributed by atoms with Crippen LogP contribution in [0.15, 0.2) is 0 Å². The van der Waals surface area contributed by atoms with E-state index in [2.05, 4.69) is 37.9 Å². The van der Waals surface area contributed by atoms with Crippen LogP contribution < -0.4 is 5.32 Å². The first-order chi connectivity index (χ1) is 8.40. The summed E-state index contributed by atoms with van der Waals surface area (Å²) in [7, 11) is 0. The van der Waals surface area contributed by atoms with Gasteiger partial charge in [-0.05, 0) is 38.3 Å². The SMILES string of the molecule is CCNC1CCN(CC(C)(O)C(C)C)CC1CC. The van der Waals surface area contributed by atoms with Crippen molar-refractivity contribution in [1.29, 1.82) is 0 Å². The van der Waals surface area contributed by atoms with Gasteiger partial charge in [-0.2, -0.15) is 0 Å². The lowest BCUT2D eigenvalue weighted by Gasteiger charge is -2.42. The maximum Gasteiger partial charge on any atom is 0.0768 e. The summed E-state index contributed by atoms with van der Waals surface area (Å²) >= 11 is 0. The number of piperidine rings is 1. The van der Waals surface area contributed by atoms with Gasteiger partial charge in [0.1, 0.15) is 0 Å². The van der Waals surface area contributed by atoms with Crippen molar-refractivity contribution in [3.05, 3.63) is 0 Å². The molecule has 1 saturated heterocycles. The minimum absolute atomic E-state index is 0.309. The van der Waals surface area contributed by atoms with Crippen LogP contribution in [0.1, 0.15) is 47.5 Å². The van der Waals surface area contributed by atoms with Gasteiger partial charge in [-0.25, -0.2) is 0 Å². The zero-order valence-corrected chi connectivity index (χ0v) is 12.9. The van der Waals surface area contributed by atoms with Gasteiger partial charge in [-0.15, -0.1) is 0 Å². The summed E-state index contributed by atoms with van der Waals surface area (Å²) in [5.41, 5.74) is -0.566. The van der Waals surface area contributed by atoms with Gasteiger partial charge in [-0.1, -0.05) is 34.1 Å². The van der Waals surface area contributed by atoms with Crippen molar-refractivity contribution in [3.63, 3.8) is 0 Å². The second kappa shape index (κ2) is 6.88. The molecule has 0 aromatic heterocycles. The number of β-amino-alcohol motifs (C(OH)–C–C–N with tert-alkyl or cyclic N) is 1. The van der Waals surface area contributed by atoms with E-state index in [0.29, 0.717) is 12.0 Å². The lowest BCUT2D eigenvalue weighted by molar-refractivity contribution is -0.0310. The first-order valence-corrected chi connectivity index (χ1v) is 7.58. The summed E-state index contributed by atoms with van der Waals surface area (Å²) in [5.74, 6) is 1.03. The number of hydrogen-bond acceptors (Lipinski definition) is 3. The third-order valence-electron chi connectivity index (χ3n) is 4.60. The molecule has 0 bridgehead atoms. The van der Waals surface area contributed by atoms with Crippen LogP contribution in [0.2, 0.25) is 0 Å². The van der Waals surface area contributed by atoms with Crippen molar-refractivity contribution in [2.24, 2.45) is 11.8 Å². The summed E-state index contributed by atoms with van der Waals surface area (Å²) in [6.45, 7) is 14.7. The van der Waals surface area contributed by atoms with E-state index >= 15 is 0 Å². The van der Waals surface area contributed by atoms with Crippen LogP contribution in [-0.4, -0.2) is 47.8 Å². The molecule has 0 radical (unpaired) electrons. The van der Waals surface area contributed by atoms with Gasteiger partial charge in [-0.3, -0.25) is 0 Å². The molecule has 1 rings (SSSR count). The average molecular weight is 256 g/mol. The number of nitrogens with one attached hydrogen (secondary N) is 1. The van der Waals surface area contributed by atoms with Crippen LogP contribution in [0.25, 0.3) is 0 Å². The van der Waals surface area contributed by atoms with Gasteiger partial charge in [0, 0.05) is 19.1 Å². The highest BCUT2D eigenvalue weighted by atomic mass is 16.3. The van der Waals surface area contributed by atoms with Gasteiger partial charge < -0.3 is 15.3 Å². The number of aliphatic hydroxyl groups is 1. The van der Waals surface area contributed by atoms with Crippen LogP contribution in [0.3, 0.4) is 0 Å². The highest BCUT2D eigenvalue weighted by Crippen LogP contribution is 2.24. The van der Waals surface area contributed by atoms with E-state index < -0.39 is 5.60 Å². The molecule has 3 heteroatoms. The summed E-state index contributed by atoms with van der Waals surface area (Å²) in [6, 6.07) is 0.667. The number of likely N-dealkylation sites (tertiary alicyclic amines) is 1. The second-order valence-corrected chi connectivity index (χ2v) is 6.37. The van der Waals surface area contributed by atoms with Crippen LogP contribution in [0, 0.1) is 11.8 Å². The zero-order chi connectivity index (χ0) is 13.8. The molecule has 0 spiro atoms. The molecule has 1 fully saturated rings. The minimum Gasteiger partial charge on any atom is -0.389 e. The molecule has 1 aliphatic heterocycles. The molecule has 18 heavy (non-hydrogen) atoms. The first-order valence-electron chi connectivity index (χ1n) is 7.58. The molecule has 3 nitrogen and oxygen atoms in total. The van der Waals surface area contributed by atoms with Crippen LogP contribution >= 0.6 is 0 Å². The lowest BCUT2D eigenvalue weighted by atomic mass is 9.87. The highest BCUT2D eigenvalue weighted by Gasteiger charge is 2.33. The molecular formula is C15H32N2O. The molecule has 0 aromatic rings. The van der Waals surface area contributed by atoms with Crippen LogP contribution in [-0.2, 0) is 0 Å². The first kappa shape index (κ1) is 15.9. The molecular weight excluding hydrogens is 224 g/mol. The van der Waals surface area contributed by atoms with Crippen molar-refractivity contribution < 1.29 is 5.11 Å². The molecule has 3 unspecified atom stereocenters. The minimum atomic E-state index is -0.566. The van der Waals surface area contributed by atoms with E-state index in [-0.39, 0.29) is 0 Å². The number of nitrogens with zero attached hydrogens (tertiary/aromatic N) is 1. The average Bonchev–Trinajstić information content (AvgIpc) is 2.30. The Morgan fingerprint density at radius 2 is 2.06 bits per heavy atom. The normalized spacial score (nSPS) is 29.5. The Hall–Kier alpha value is -0.120. The van der Waals surface area contributed by atoms with Crippen LogP contribution in [0.5, 0.6) is 0 Å². The molecule has 0 aromatic carbocycles. The number of hydrogen-bond donors (Lipinski definition) is 2. The predicted molar refractivity (Wildman–Crippen MR) is 77.8 cm³/mol. The molecule has 0 saturated carbocycles. The summed E-state index contributed by atoms with van der Waals surface area (Å²) < 4.78 is 0. The van der Waals surface area contributed by atoms with Crippen LogP contribution in [0.4, 0.5) is 0 Å². The molecule has 1 heterocycles. The molecule has 108 valence electrons. The van der Waals surface area contributed by atoms with Gasteiger partial charge in [0.05, 0.1) is 5.60 Å². The van der Waals surface area contributed by atoms with E-state index in [1.54, 1.807) is 0 Å². The smallest absolute Gasteiger partial charge is 0.0768 e. The van der Waals surface area contributed by atoms with E-state index in [9.17, 15) is 5.11 Å². The van der Waals surface area contributed by atoms with E-state index in [4.69, 9.17) is 0 Å². The zero-order valence-electron chi connectivity index (χ0n) is 12.9. The van der Waals surface area contributed by atoms with Crippen molar-refractivity contribution in [1.82, 2.24) is 10.2 Å².